The third kappa shape index (κ3) is 3.31. The molecular weight excluding hydrogens is 269 g/mol. The van der Waals surface area contributed by atoms with E-state index >= 15 is 0 Å². The zero-order valence-corrected chi connectivity index (χ0v) is 11.7. The first-order chi connectivity index (χ1) is 10.2. The van der Waals surface area contributed by atoms with E-state index in [4.69, 9.17) is 10.5 Å². The Hall–Kier alpha value is -2.14. The van der Waals surface area contributed by atoms with E-state index in [-0.39, 0.29) is 11.9 Å². The zero-order valence-electron chi connectivity index (χ0n) is 11.7. The molecule has 0 saturated carbocycles. The van der Waals surface area contributed by atoms with Crippen molar-refractivity contribution in [3.05, 3.63) is 54.0 Å². The van der Waals surface area contributed by atoms with Gasteiger partial charge < -0.3 is 15.4 Å². The van der Waals surface area contributed by atoms with Crippen molar-refractivity contribution in [1.29, 1.82) is 0 Å². The highest BCUT2D eigenvalue weighted by atomic mass is 19.1. The summed E-state index contributed by atoms with van der Waals surface area (Å²) < 4.78 is 18.8. The summed E-state index contributed by atoms with van der Waals surface area (Å²) in [6.45, 7) is 2.16. The molecule has 1 aromatic heterocycles. The monoisotopic (exact) mass is 287 g/mol. The Kier molecular flexibility index (Phi) is 4.01. The van der Waals surface area contributed by atoms with E-state index in [1.807, 2.05) is 12.1 Å². The first-order valence-electron chi connectivity index (χ1n) is 7.07. The lowest BCUT2D eigenvalue weighted by atomic mass is 10.3. The van der Waals surface area contributed by atoms with Crippen molar-refractivity contribution in [2.24, 2.45) is 5.73 Å². The third-order valence-corrected chi connectivity index (χ3v) is 3.66. The molecule has 5 heteroatoms. The van der Waals surface area contributed by atoms with E-state index < -0.39 is 0 Å². The number of anilines is 1. The second-order valence-electron chi connectivity index (χ2n) is 5.16. The molecule has 1 aromatic carbocycles. The number of nitrogens with two attached hydrogens (primary N) is 1. The molecular formula is C16H18FN3O. The molecule has 1 saturated heterocycles. The molecule has 0 spiro atoms. The number of benzene rings is 1. The van der Waals surface area contributed by atoms with Gasteiger partial charge in [-0.2, -0.15) is 0 Å². The second-order valence-corrected chi connectivity index (χ2v) is 5.16. The molecule has 21 heavy (non-hydrogen) atoms. The summed E-state index contributed by atoms with van der Waals surface area (Å²) in [4.78, 5) is 6.44. The van der Waals surface area contributed by atoms with Crippen LogP contribution >= 0.6 is 0 Å². The van der Waals surface area contributed by atoms with Crippen LogP contribution in [-0.4, -0.2) is 24.2 Å². The molecule has 0 bridgehead atoms. The number of nitrogens with zero attached hydrogens (tertiary/aromatic N) is 2. The second kappa shape index (κ2) is 6.10. The SMILES string of the molecule is NCc1ccc(OC2CCN(c3ccc(F)cc3)C2)nc1. The maximum Gasteiger partial charge on any atom is 0.213 e. The Bertz CT molecular complexity index is 585. The average Bonchev–Trinajstić information content (AvgIpc) is 2.97. The fourth-order valence-electron chi connectivity index (χ4n) is 2.48. The van der Waals surface area contributed by atoms with E-state index in [1.165, 1.54) is 12.1 Å². The van der Waals surface area contributed by atoms with Crippen LogP contribution in [0, 0.1) is 5.82 Å². The molecule has 4 nitrogen and oxygen atoms in total. The summed E-state index contributed by atoms with van der Waals surface area (Å²) in [5.41, 5.74) is 7.55. The van der Waals surface area contributed by atoms with Crippen molar-refractivity contribution in [3.8, 4) is 5.88 Å². The Morgan fingerprint density at radius 2 is 2.05 bits per heavy atom. The molecule has 1 atom stereocenters. The molecule has 0 radical (unpaired) electrons. The van der Waals surface area contributed by atoms with Crippen molar-refractivity contribution < 1.29 is 9.13 Å². The van der Waals surface area contributed by atoms with Crippen LogP contribution in [0.2, 0.25) is 0 Å². The van der Waals surface area contributed by atoms with Gasteiger partial charge in [0.2, 0.25) is 5.88 Å². The summed E-state index contributed by atoms with van der Waals surface area (Å²) >= 11 is 0. The summed E-state index contributed by atoms with van der Waals surface area (Å²) in [5, 5.41) is 0. The Balaban J connectivity index is 1.60. The van der Waals surface area contributed by atoms with Gasteiger partial charge in [-0.25, -0.2) is 9.37 Å². The molecule has 0 aliphatic carbocycles. The summed E-state index contributed by atoms with van der Waals surface area (Å²) in [6.07, 6.45) is 2.77. The van der Waals surface area contributed by atoms with Crippen molar-refractivity contribution >= 4 is 5.69 Å². The van der Waals surface area contributed by atoms with Crippen LogP contribution in [0.5, 0.6) is 5.88 Å². The Morgan fingerprint density at radius 1 is 1.24 bits per heavy atom. The van der Waals surface area contributed by atoms with Crippen molar-refractivity contribution in [3.63, 3.8) is 0 Å². The highest BCUT2D eigenvalue weighted by molar-refractivity contribution is 5.47. The van der Waals surface area contributed by atoms with Crippen LogP contribution in [0.1, 0.15) is 12.0 Å². The number of pyridine rings is 1. The van der Waals surface area contributed by atoms with Gasteiger partial charge in [-0.3, -0.25) is 0 Å². The molecule has 2 heterocycles. The largest absolute Gasteiger partial charge is 0.472 e. The summed E-state index contributed by atoms with van der Waals surface area (Å²) in [7, 11) is 0. The van der Waals surface area contributed by atoms with Gasteiger partial charge in [0.15, 0.2) is 0 Å². The van der Waals surface area contributed by atoms with E-state index in [2.05, 4.69) is 9.88 Å². The van der Waals surface area contributed by atoms with Crippen LogP contribution in [0.3, 0.4) is 0 Å². The average molecular weight is 287 g/mol. The van der Waals surface area contributed by atoms with E-state index in [1.54, 1.807) is 18.3 Å². The van der Waals surface area contributed by atoms with E-state index in [9.17, 15) is 4.39 Å². The van der Waals surface area contributed by atoms with Crippen molar-refractivity contribution in [2.45, 2.75) is 19.1 Å². The quantitative estimate of drug-likeness (QED) is 0.937. The fraction of sp³-hybridized carbons (Fsp3) is 0.312. The van der Waals surface area contributed by atoms with Gasteiger partial charge in [0.05, 0.1) is 6.54 Å². The number of hydrogen-bond donors (Lipinski definition) is 1. The molecule has 2 N–H and O–H groups in total. The molecule has 1 unspecified atom stereocenters. The Morgan fingerprint density at radius 3 is 2.71 bits per heavy atom. The Labute approximate surface area is 123 Å². The maximum atomic E-state index is 12.9. The van der Waals surface area contributed by atoms with Gasteiger partial charge in [-0.05, 0) is 29.8 Å². The van der Waals surface area contributed by atoms with Gasteiger partial charge in [-0.15, -0.1) is 0 Å². The summed E-state index contributed by atoms with van der Waals surface area (Å²) in [6, 6.07) is 10.3. The molecule has 1 aliphatic heterocycles. The molecule has 110 valence electrons. The number of hydrogen-bond acceptors (Lipinski definition) is 4. The minimum absolute atomic E-state index is 0.103. The van der Waals surface area contributed by atoms with Gasteiger partial charge in [-0.1, -0.05) is 6.07 Å². The van der Waals surface area contributed by atoms with Crippen molar-refractivity contribution in [2.75, 3.05) is 18.0 Å². The zero-order chi connectivity index (χ0) is 14.7. The standard InChI is InChI=1S/C16H18FN3O/c17-13-2-4-14(5-3-13)20-8-7-15(11-20)21-16-6-1-12(9-18)10-19-16/h1-6,10,15H,7-9,11,18H2. The molecule has 1 aliphatic rings. The molecule has 2 aromatic rings. The van der Waals surface area contributed by atoms with Crippen LogP contribution in [-0.2, 0) is 6.54 Å². The highest BCUT2D eigenvalue weighted by Crippen LogP contribution is 2.23. The van der Waals surface area contributed by atoms with Gasteiger partial charge >= 0.3 is 0 Å². The van der Waals surface area contributed by atoms with Crippen LogP contribution in [0.15, 0.2) is 42.6 Å². The third-order valence-electron chi connectivity index (χ3n) is 3.66. The van der Waals surface area contributed by atoms with Crippen molar-refractivity contribution in [1.82, 2.24) is 4.98 Å². The highest BCUT2D eigenvalue weighted by Gasteiger charge is 2.24. The van der Waals surface area contributed by atoms with Gasteiger partial charge in [0.25, 0.3) is 0 Å². The normalized spacial score (nSPS) is 18.0. The van der Waals surface area contributed by atoms with Gasteiger partial charge in [0.1, 0.15) is 11.9 Å². The molecule has 1 fully saturated rings. The lowest BCUT2D eigenvalue weighted by molar-refractivity contribution is 0.216. The number of halogens is 1. The van der Waals surface area contributed by atoms with Crippen LogP contribution < -0.4 is 15.4 Å². The summed E-state index contributed by atoms with van der Waals surface area (Å²) in [5.74, 6) is 0.410. The smallest absolute Gasteiger partial charge is 0.213 e. The molecule has 3 rings (SSSR count). The predicted octanol–water partition coefficient (Wildman–Crippen LogP) is 2.34. The number of aromatic nitrogens is 1. The van der Waals surface area contributed by atoms with Crippen LogP contribution in [0.25, 0.3) is 0 Å². The van der Waals surface area contributed by atoms with E-state index in [0.717, 1.165) is 30.8 Å². The van der Waals surface area contributed by atoms with Gasteiger partial charge in [0, 0.05) is 37.5 Å². The minimum Gasteiger partial charge on any atom is -0.472 e. The van der Waals surface area contributed by atoms with Crippen LogP contribution in [0.4, 0.5) is 10.1 Å². The maximum absolute atomic E-state index is 12.9. The first-order valence-corrected chi connectivity index (χ1v) is 7.07. The fourth-order valence-corrected chi connectivity index (χ4v) is 2.48. The predicted molar refractivity (Wildman–Crippen MR) is 79.8 cm³/mol. The lowest BCUT2D eigenvalue weighted by Crippen LogP contribution is -2.24. The first kappa shape index (κ1) is 13.8. The van der Waals surface area contributed by atoms with E-state index in [0.29, 0.717) is 12.4 Å². The number of ether oxygens (including phenoxy) is 1. The molecule has 0 amide bonds. The minimum atomic E-state index is -0.213. The number of rotatable bonds is 4. The topological polar surface area (TPSA) is 51.4 Å². The lowest BCUT2D eigenvalue weighted by Gasteiger charge is -2.18.